The first-order chi connectivity index (χ1) is 6.63. The number of hydrogen-bond donors (Lipinski definition) is 1. The zero-order chi connectivity index (χ0) is 10.6. The van der Waals surface area contributed by atoms with Crippen LogP contribution in [0.5, 0.6) is 0 Å². The minimum atomic E-state index is -0.490. The molecule has 1 aromatic rings. The normalized spacial score (nSPS) is 9.64. The highest BCUT2D eigenvalue weighted by Gasteiger charge is 2.03. The lowest BCUT2D eigenvalue weighted by Crippen LogP contribution is -2.22. The summed E-state index contributed by atoms with van der Waals surface area (Å²) in [6.45, 7) is 0.322. The van der Waals surface area contributed by atoms with Crippen molar-refractivity contribution < 1.29 is 9.53 Å². The van der Waals surface area contributed by atoms with Crippen molar-refractivity contribution in [3.8, 4) is 0 Å². The standard InChI is InChI=1S/C9H9Cl2NO2/c1-14-9(13)12-5-6-2-3-7(10)4-8(6)11/h2-4H,5H2,1H3,(H,12,13). The second-order valence-electron chi connectivity index (χ2n) is 2.58. The molecule has 0 spiro atoms. The van der Waals surface area contributed by atoms with Gasteiger partial charge in [0.25, 0.3) is 0 Å². The molecule has 0 aliphatic rings. The van der Waals surface area contributed by atoms with E-state index in [1.54, 1.807) is 18.2 Å². The minimum Gasteiger partial charge on any atom is -0.453 e. The smallest absolute Gasteiger partial charge is 0.407 e. The van der Waals surface area contributed by atoms with Gasteiger partial charge < -0.3 is 10.1 Å². The van der Waals surface area contributed by atoms with Crippen molar-refractivity contribution in [1.29, 1.82) is 0 Å². The number of carbonyl (C=O) groups is 1. The number of carbonyl (C=O) groups excluding carboxylic acids is 1. The fraction of sp³-hybridized carbons (Fsp3) is 0.222. The first-order valence-corrected chi connectivity index (χ1v) is 4.65. The Morgan fingerprint density at radius 3 is 2.79 bits per heavy atom. The highest BCUT2D eigenvalue weighted by Crippen LogP contribution is 2.20. The number of amides is 1. The van der Waals surface area contributed by atoms with Crippen molar-refractivity contribution in [2.24, 2.45) is 0 Å². The summed E-state index contributed by atoms with van der Waals surface area (Å²) in [7, 11) is 1.30. The van der Waals surface area contributed by atoms with E-state index in [9.17, 15) is 4.79 Å². The Bertz CT molecular complexity index is 342. The van der Waals surface area contributed by atoms with Gasteiger partial charge in [-0.15, -0.1) is 0 Å². The summed E-state index contributed by atoms with van der Waals surface area (Å²) in [6, 6.07) is 5.08. The van der Waals surface area contributed by atoms with E-state index in [0.29, 0.717) is 16.6 Å². The van der Waals surface area contributed by atoms with E-state index in [2.05, 4.69) is 10.1 Å². The van der Waals surface area contributed by atoms with Crippen molar-refractivity contribution in [2.75, 3.05) is 7.11 Å². The number of nitrogens with one attached hydrogen (secondary N) is 1. The van der Waals surface area contributed by atoms with Crippen molar-refractivity contribution >= 4 is 29.3 Å². The van der Waals surface area contributed by atoms with E-state index in [-0.39, 0.29) is 0 Å². The summed E-state index contributed by atoms with van der Waals surface area (Å²) in [5.41, 5.74) is 0.793. The Balaban J connectivity index is 2.63. The number of hydrogen-bond acceptors (Lipinski definition) is 2. The largest absolute Gasteiger partial charge is 0.453 e. The summed E-state index contributed by atoms with van der Waals surface area (Å²) in [6.07, 6.45) is -0.490. The summed E-state index contributed by atoms with van der Waals surface area (Å²) >= 11 is 11.6. The van der Waals surface area contributed by atoms with Gasteiger partial charge in [-0.3, -0.25) is 0 Å². The molecule has 1 rings (SSSR count). The van der Waals surface area contributed by atoms with Crippen molar-refractivity contribution in [3.63, 3.8) is 0 Å². The molecule has 0 atom stereocenters. The topological polar surface area (TPSA) is 38.3 Å². The number of halogens is 2. The number of ether oxygens (including phenoxy) is 1. The predicted octanol–water partition coefficient (Wildman–Crippen LogP) is 2.85. The van der Waals surface area contributed by atoms with Crippen LogP contribution in [0.1, 0.15) is 5.56 Å². The van der Waals surface area contributed by atoms with E-state index < -0.39 is 6.09 Å². The lowest BCUT2D eigenvalue weighted by Gasteiger charge is -2.05. The molecule has 14 heavy (non-hydrogen) atoms. The quantitative estimate of drug-likeness (QED) is 0.854. The van der Waals surface area contributed by atoms with Crippen LogP contribution >= 0.6 is 23.2 Å². The maximum absolute atomic E-state index is 10.8. The summed E-state index contributed by atoms with van der Waals surface area (Å²) in [4.78, 5) is 10.8. The van der Waals surface area contributed by atoms with Crippen molar-refractivity contribution in [2.45, 2.75) is 6.54 Å². The lowest BCUT2D eigenvalue weighted by atomic mass is 10.2. The molecule has 76 valence electrons. The molecule has 0 aliphatic heterocycles. The molecule has 1 N–H and O–H groups in total. The van der Waals surface area contributed by atoms with Gasteiger partial charge in [0.05, 0.1) is 7.11 Å². The van der Waals surface area contributed by atoms with Crippen LogP contribution in [-0.4, -0.2) is 13.2 Å². The van der Waals surface area contributed by atoms with Gasteiger partial charge in [0.2, 0.25) is 0 Å². The number of benzene rings is 1. The summed E-state index contributed by atoms with van der Waals surface area (Å²) in [5, 5.41) is 3.61. The Morgan fingerprint density at radius 1 is 1.50 bits per heavy atom. The van der Waals surface area contributed by atoms with E-state index in [0.717, 1.165) is 5.56 Å². The molecular formula is C9H9Cl2NO2. The maximum Gasteiger partial charge on any atom is 0.407 e. The summed E-state index contributed by atoms with van der Waals surface area (Å²) in [5.74, 6) is 0. The van der Waals surface area contributed by atoms with Gasteiger partial charge >= 0.3 is 6.09 Å². The first kappa shape index (κ1) is 11.1. The van der Waals surface area contributed by atoms with Crippen LogP contribution in [0.15, 0.2) is 18.2 Å². The van der Waals surface area contributed by atoms with Crippen LogP contribution < -0.4 is 5.32 Å². The molecular weight excluding hydrogens is 225 g/mol. The van der Waals surface area contributed by atoms with Gasteiger partial charge in [0.1, 0.15) is 0 Å². The van der Waals surface area contributed by atoms with E-state index in [1.165, 1.54) is 7.11 Å². The molecule has 0 aliphatic carbocycles. The third-order valence-corrected chi connectivity index (χ3v) is 2.21. The second-order valence-corrected chi connectivity index (χ2v) is 3.42. The Morgan fingerprint density at radius 2 is 2.21 bits per heavy atom. The average Bonchev–Trinajstić information content (AvgIpc) is 2.16. The Hall–Kier alpha value is -0.930. The number of rotatable bonds is 2. The zero-order valence-corrected chi connectivity index (χ0v) is 9.02. The second kappa shape index (κ2) is 5.08. The van der Waals surface area contributed by atoms with Gasteiger partial charge in [0.15, 0.2) is 0 Å². The van der Waals surface area contributed by atoms with Crippen LogP contribution in [0, 0.1) is 0 Å². The van der Waals surface area contributed by atoms with Crippen molar-refractivity contribution in [1.82, 2.24) is 5.32 Å². The van der Waals surface area contributed by atoms with Gasteiger partial charge in [-0.2, -0.15) is 0 Å². The molecule has 0 bridgehead atoms. The van der Waals surface area contributed by atoms with Crippen LogP contribution in [-0.2, 0) is 11.3 Å². The molecule has 3 nitrogen and oxygen atoms in total. The third-order valence-electron chi connectivity index (χ3n) is 1.62. The molecule has 1 aromatic carbocycles. The maximum atomic E-state index is 10.8. The van der Waals surface area contributed by atoms with Crippen LogP contribution in [0.2, 0.25) is 10.0 Å². The van der Waals surface area contributed by atoms with Crippen LogP contribution in [0.25, 0.3) is 0 Å². The Kier molecular flexibility index (Phi) is 4.04. The fourth-order valence-corrected chi connectivity index (χ4v) is 1.38. The van der Waals surface area contributed by atoms with E-state index in [4.69, 9.17) is 23.2 Å². The minimum absolute atomic E-state index is 0.322. The molecule has 5 heteroatoms. The lowest BCUT2D eigenvalue weighted by molar-refractivity contribution is 0.170. The Labute approximate surface area is 92.0 Å². The van der Waals surface area contributed by atoms with Crippen LogP contribution in [0.4, 0.5) is 4.79 Å². The molecule has 0 aromatic heterocycles. The SMILES string of the molecule is COC(=O)NCc1ccc(Cl)cc1Cl. The van der Waals surface area contributed by atoms with Crippen LogP contribution in [0.3, 0.4) is 0 Å². The monoisotopic (exact) mass is 233 g/mol. The molecule has 0 saturated carbocycles. The molecule has 1 amide bonds. The molecule has 0 saturated heterocycles. The van der Waals surface area contributed by atoms with Gasteiger partial charge in [-0.05, 0) is 17.7 Å². The number of methoxy groups -OCH3 is 1. The van der Waals surface area contributed by atoms with Gasteiger partial charge in [0, 0.05) is 16.6 Å². The molecule has 0 unspecified atom stereocenters. The molecule has 0 heterocycles. The molecule has 0 fully saturated rings. The third kappa shape index (κ3) is 3.09. The molecule has 0 radical (unpaired) electrons. The zero-order valence-electron chi connectivity index (χ0n) is 7.51. The predicted molar refractivity (Wildman–Crippen MR) is 55.7 cm³/mol. The van der Waals surface area contributed by atoms with E-state index in [1.807, 2.05) is 0 Å². The summed E-state index contributed by atoms with van der Waals surface area (Å²) < 4.78 is 4.42. The van der Waals surface area contributed by atoms with Gasteiger partial charge in [-0.25, -0.2) is 4.79 Å². The average molecular weight is 234 g/mol. The first-order valence-electron chi connectivity index (χ1n) is 3.89. The highest BCUT2D eigenvalue weighted by molar-refractivity contribution is 6.35. The van der Waals surface area contributed by atoms with Gasteiger partial charge in [-0.1, -0.05) is 29.3 Å². The fourth-order valence-electron chi connectivity index (χ4n) is 0.905. The highest BCUT2D eigenvalue weighted by atomic mass is 35.5. The van der Waals surface area contributed by atoms with E-state index >= 15 is 0 Å². The van der Waals surface area contributed by atoms with Crippen molar-refractivity contribution in [3.05, 3.63) is 33.8 Å². The number of alkyl carbamates (subject to hydrolysis) is 1.